The van der Waals surface area contributed by atoms with Crippen LogP contribution in [0.2, 0.25) is 0 Å². The molecule has 0 aromatic rings. The number of hydrogen-bond donors (Lipinski definition) is 2. The molecule has 0 spiro atoms. The van der Waals surface area contributed by atoms with Gasteiger partial charge in [0.25, 0.3) is 0 Å². The van der Waals surface area contributed by atoms with Crippen molar-refractivity contribution >= 4 is 12.1 Å². The van der Waals surface area contributed by atoms with Crippen LogP contribution in [0.3, 0.4) is 0 Å². The maximum absolute atomic E-state index is 10.6. The molecule has 0 unspecified atom stereocenters. The summed E-state index contributed by atoms with van der Waals surface area (Å²) in [5.41, 5.74) is 0. The van der Waals surface area contributed by atoms with E-state index in [9.17, 15) is 9.59 Å². The third-order valence-electron chi connectivity index (χ3n) is 2.99. The van der Waals surface area contributed by atoms with Crippen LogP contribution in [-0.2, 0) is 4.79 Å². The van der Waals surface area contributed by atoms with Gasteiger partial charge in [-0.25, -0.2) is 4.79 Å². The molecule has 2 N–H and O–H groups in total. The van der Waals surface area contributed by atoms with E-state index in [0.29, 0.717) is 25.4 Å². The van der Waals surface area contributed by atoms with E-state index in [0.717, 1.165) is 12.8 Å². The fourth-order valence-corrected chi connectivity index (χ4v) is 1.96. The molecule has 0 radical (unpaired) electrons. The first-order valence-corrected chi connectivity index (χ1v) is 5.21. The molecule has 0 aromatic heterocycles. The normalized spacial score (nSPS) is 19.9. The van der Waals surface area contributed by atoms with Gasteiger partial charge in [0.2, 0.25) is 0 Å². The molecule has 1 aliphatic rings. The first-order valence-electron chi connectivity index (χ1n) is 5.21. The number of aliphatic carboxylic acids is 1. The van der Waals surface area contributed by atoms with Crippen molar-refractivity contribution in [1.29, 1.82) is 0 Å². The van der Waals surface area contributed by atoms with Crippen LogP contribution in [0.4, 0.5) is 4.79 Å². The van der Waals surface area contributed by atoms with E-state index in [1.807, 2.05) is 0 Å². The van der Waals surface area contributed by atoms with Crippen LogP contribution in [0.15, 0.2) is 0 Å². The Labute approximate surface area is 88.7 Å². The minimum absolute atomic E-state index is 0.327. The van der Waals surface area contributed by atoms with Crippen LogP contribution in [0.25, 0.3) is 0 Å². The summed E-state index contributed by atoms with van der Waals surface area (Å²) in [7, 11) is 0. The van der Waals surface area contributed by atoms with Crippen molar-refractivity contribution in [3.05, 3.63) is 0 Å². The lowest BCUT2D eigenvalue weighted by atomic mass is 9.88. The Balaban J connectivity index is 2.31. The molecule has 0 bridgehead atoms. The maximum Gasteiger partial charge on any atom is 0.407 e. The van der Waals surface area contributed by atoms with Gasteiger partial charge in [-0.3, -0.25) is 4.79 Å². The summed E-state index contributed by atoms with van der Waals surface area (Å²) < 4.78 is 0. The van der Waals surface area contributed by atoms with Gasteiger partial charge in [-0.2, -0.15) is 0 Å². The average molecular weight is 215 g/mol. The fraction of sp³-hybridized carbons (Fsp3) is 0.800. The predicted molar refractivity (Wildman–Crippen MR) is 53.7 cm³/mol. The molecule has 1 atom stereocenters. The monoisotopic (exact) mass is 215 g/mol. The zero-order valence-electron chi connectivity index (χ0n) is 8.85. The highest BCUT2D eigenvalue weighted by Crippen LogP contribution is 2.24. The number of carboxylic acids is 1. The molecule has 1 heterocycles. The Bertz CT molecular complexity index is 246. The maximum atomic E-state index is 10.6. The van der Waals surface area contributed by atoms with Crippen molar-refractivity contribution in [3.8, 4) is 0 Å². The smallest absolute Gasteiger partial charge is 0.407 e. The van der Waals surface area contributed by atoms with Crippen LogP contribution >= 0.6 is 0 Å². The second kappa shape index (κ2) is 5.00. The van der Waals surface area contributed by atoms with Gasteiger partial charge in [0.05, 0.1) is 5.92 Å². The number of carboxylic acid groups (broad SMARTS) is 2. The van der Waals surface area contributed by atoms with Crippen molar-refractivity contribution in [2.75, 3.05) is 13.1 Å². The number of nitrogens with zero attached hydrogens (tertiary/aromatic N) is 1. The fourth-order valence-electron chi connectivity index (χ4n) is 1.96. The summed E-state index contributed by atoms with van der Waals surface area (Å²) in [5.74, 6) is -0.742. The topological polar surface area (TPSA) is 77.8 Å². The van der Waals surface area contributed by atoms with Gasteiger partial charge in [0.15, 0.2) is 0 Å². The van der Waals surface area contributed by atoms with E-state index < -0.39 is 12.1 Å². The quantitative estimate of drug-likeness (QED) is 0.747. The second-order valence-electron chi connectivity index (χ2n) is 4.19. The van der Waals surface area contributed by atoms with Crippen molar-refractivity contribution in [1.82, 2.24) is 4.90 Å². The third-order valence-corrected chi connectivity index (χ3v) is 2.99. The highest BCUT2D eigenvalue weighted by Gasteiger charge is 2.25. The highest BCUT2D eigenvalue weighted by atomic mass is 16.4. The summed E-state index contributed by atoms with van der Waals surface area (Å²) >= 11 is 0. The molecule has 5 heteroatoms. The molecule has 1 aliphatic heterocycles. The Morgan fingerprint density at radius 3 is 2.27 bits per heavy atom. The van der Waals surface area contributed by atoms with Gasteiger partial charge in [-0.1, -0.05) is 6.92 Å². The van der Waals surface area contributed by atoms with E-state index in [1.165, 1.54) is 4.90 Å². The molecule has 1 rings (SSSR count). The van der Waals surface area contributed by atoms with Crippen LogP contribution in [-0.4, -0.2) is 40.3 Å². The van der Waals surface area contributed by atoms with Crippen molar-refractivity contribution < 1.29 is 19.8 Å². The van der Waals surface area contributed by atoms with Crippen LogP contribution in [0.5, 0.6) is 0 Å². The molecule has 0 aromatic carbocycles. The number of hydrogen-bond acceptors (Lipinski definition) is 2. The van der Waals surface area contributed by atoms with Crippen molar-refractivity contribution in [2.24, 2.45) is 11.8 Å². The Hall–Kier alpha value is -1.26. The Morgan fingerprint density at radius 1 is 1.33 bits per heavy atom. The Morgan fingerprint density at radius 2 is 1.87 bits per heavy atom. The van der Waals surface area contributed by atoms with Gasteiger partial charge in [0.1, 0.15) is 0 Å². The molecule has 86 valence electrons. The molecule has 1 amide bonds. The molecular formula is C10H17NO4. The molecule has 0 aliphatic carbocycles. The number of piperidine rings is 1. The molecule has 15 heavy (non-hydrogen) atoms. The van der Waals surface area contributed by atoms with Crippen molar-refractivity contribution in [3.63, 3.8) is 0 Å². The molecule has 0 saturated carbocycles. The van der Waals surface area contributed by atoms with Gasteiger partial charge in [-0.15, -0.1) is 0 Å². The standard InChI is InChI=1S/C10H17NO4/c1-7(9(12)13)6-8-2-4-11(5-3-8)10(14)15/h7-8H,2-6H2,1H3,(H,12,13)(H,14,15)/t7-/m1/s1. The summed E-state index contributed by atoms with van der Waals surface area (Å²) in [5, 5.41) is 17.5. The number of carbonyl (C=O) groups is 2. The SMILES string of the molecule is C[C@H](CC1CCN(C(=O)O)CC1)C(=O)O. The highest BCUT2D eigenvalue weighted by molar-refractivity contribution is 5.69. The van der Waals surface area contributed by atoms with E-state index in [2.05, 4.69) is 0 Å². The first-order chi connectivity index (χ1) is 7.00. The number of rotatable bonds is 3. The minimum atomic E-state index is -0.875. The predicted octanol–water partition coefficient (Wildman–Crippen LogP) is 1.49. The first kappa shape index (κ1) is 11.8. The summed E-state index contributed by atoms with van der Waals surface area (Å²) in [6.45, 7) is 2.77. The third kappa shape index (κ3) is 3.42. The van der Waals surface area contributed by atoms with Gasteiger partial charge < -0.3 is 15.1 Å². The lowest BCUT2D eigenvalue weighted by molar-refractivity contribution is -0.141. The van der Waals surface area contributed by atoms with Crippen LogP contribution in [0.1, 0.15) is 26.2 Å². The lowest BCUT2D eigenvalue weighted by Gasteiger charge is -2.30. The average Bonchev–Trinajstić information content (AvgIpc) is 2.18. The minimum Gasteiger partial charge on any atom is -0.481 e. The number of amides is 1. The van der Waals surface area contributed by atoms with Crippen LogP contribution in [0, 0.1) is 11.8 Å². The largest absolute Gasteiger partial charge is 0.481 e. The van der Waals surface area contributed by atoms with E-state index in [1.54, 1.807) is 6.92 Å². The summed E-state index contributed by atoms with van der Waals surface area (Å²) in [6.07, 6.45) is 1.34. The molecule has 1 saturated heterocycles. The van der Waals surface area contributed by atoms with E-state index >= 15 is 0 Å². The van der Waals surface area contributed by atoms with Gasteiger partial charge >= 0.3 is 12.1 Å². The summed E-state index contributed by atoms with van der Waals surface area (Å²) in [6, 6.07) is 0. The van der Waals surface area contributed by atoms with E-state index in [-0.39, 0.29) is 5.92 Å². The van der Waals surface area contributed by atoms with Crippen LogP contribution < -0.4 is 0 Å². The van der Waals surface area contributed by atoms with Crippen molar-refractivity contribution in [2.45, 2.75) is 26.2 Å². The zero-order chi connectivity index (χ0) is 11.4. The second-order valence-corrected chi connectivity index (χ2v) is 4.19. The zero-order valence-corrected chi connectivity index (χ0v) is 8.85. The molecule has 5 nitrogen and oxygen atoms in total. The van der Waals surface area contributed by atoms with E-state index in [4.69, 9.17) is 10.2 Å². The number of likely N-dealkylation sites (tertiary alicyclic amines) is 1. The molecule has 1 fully saturated rings. The lowest BCUT2D eigenvalue weighted by Crippen LogP contribution is -2.38. The van der Waals surface area contributed by atoms with Gasteiger partial charge in [-0.05, 0) is 25.2 Å². The van der Waals surface area contributed by atoms with Gasteiger partial charge in [0, 0.05) is 13.1 Å². The Kier molecular flexibility index (Phi) is 3.94. The summed E-state index contributed by atoms with van der Waals surface area (Å²) in [4.78, 5) is 22.7. The molecular weight excluding hydrogens is 198 g/mol.